The van der Waals surface area contributed by atoms with E-state index >= 15 is 0 Å². The number of rotatable bonds is 10. The molecule has 0 aliphatic carbocycles. The van der Waals surface area contributed by atoms with Crippen LogP contribution in [0.5, 0.6) is 11.5 Å². The number of carbonyl (C=O) groups excluding carboxylic acids is 3. The largest absolute Gasteiger partial charge is 0.494 e. The highest BCUT2D eigenvalue weighted by Crippen LogP contribution is 2.23. The first kappa shape index (κ1) is 26.6. The monoisotopic (exact) mass is 551 g/mol. The third kappa shape index (κ3) is 8.06. The standard InChI is InChI=1S/C27H26BrN3O5/c1-3-14-35-23-11-8-19(9-12-23)26(33)29-17-25(32)31-30-16-21-15-22(28)10-13-24(21)36-27(34)20-6-4-18(2)5-7-20/h4-13,15-16H,3,14,17H2,1-2H3,(H,29,33)(H,31,32)/b30-16-. The fourth-order valence-corrected chi connectivity index (χ4v) is 3.34. The van der Waals surface area contributed by atoms with Gasteiger partial charge in [0, 0.05) is 15.6 Å². The highest BCUT2D eigenvalue weighted by atomic mass is 79.9. The fraction of sp³-hybridized carbons (Fsp3) is 0.185. The number of hydrogen-bond acceptors (Lipinski definition) is 6. The van der Waals surface area contributed by atoms with Crippen LogP contribution < -0.4 is 20.2 Å². The highest BCUT2D eigenvalue weighted by molar-refractivity contribution is 9.10. The number of hydrazone groups is 1. The van der Waals surface area contributed by atoms with Gasteiger partial charge in [0.05, 0.1) is 24.9 Å². The Hall–Kier alpha value is -3.98. The smallest absolute Gasteiger partial charge is 0.343 e. The molecular weight excluding hydrogens is 526 g/mol. The van der Waals surface area contributed by atoms with E-state index in [1.54, 1.807) is 54.6 Å². The normalized spacial score (nSPS) is 10.6. The van der Waals surface area contributed by atoms with Crippen LogP contribution in [-0.2, 0) is 4.79 Å². The van der Waals surface area contributed by atoms with Crippen molar-refractivity contribution in [1.82, 2.24) is 10.7 Å². The summed E-state index contributed by atoms with van der Waals surface area (Å²) in [5.41, 5.74) is 4.67. The molecule has 0 spiro atoms. The Morgan fingerprint density at radius 2 is 1.67 bits per heavy atom. The zero-order chi connectivity index (χ0) is 25.9. The van der Waals surface area contributed by atoms with Gasteiger partial charge < -0.3 is 14.8 Å². The molecule has 0 aliphatic rings. The predicted molar refractivity (Wildman–Crippen MR) is 141 cm³/mol. The van der Waals surface area contributed by atoms with Crippen LogP contribution in [0.25, 0.3) is 0 Å². The molecular formula is C27H26BrN3O5. The molecule has 3 aromatic rings. The quantitative estimate of drug-likeness (QED) is 0.165. The summed E-state index contributed by atoms with van der Waals surface area (Å²) in [5, 5.41) is 6.46. The van der Waals surface area contributed by atoms with Crippen LogP contribution in [-0.4, -0.2) is 37.1 Å². The number of nitrogens with zero attached hydrogens (tertiary/aromatic N) is 1. The lowest BCUT2D eigenvalue weighted by molar-refractivity contribution is -0.120. The van der Waals surface area contributed by atoms with Crippen molar-refractivity contribution in [1.29, 1.82) is 0 Å². The number of ether oxygens (including phenoxy) is 2. The summed E-state index contributed by atoms with van der Waals surface area (Å²) in [7, 11) is 0. The number of halogens is 1. The van der Waals surface area contributed by atoms with Crippen LogP contribution in [0.4, 0.5) is 0 Å². The van der Waals surface area contributed by atoms with Crippen molar-refractivity contribution in [3.05, 3.63) is 93.5 Å². The Morgan fingerprint density at radius 1 is 0.972 bits per heavy atom. The Labute approximate surface area is 217 Å². The van der Waals surface area contributed by atoms with Crippen molar-refractivity contribution in [3.63, 3.8) is 0 Å². The maximum absolute atomic E-state index is 12.5. The molecule has 0 aromatic heterocycles. The van der Waals surface area contributed by atoms with Crippen molar-refractivity contribution in [2.75, 3.05) is 13.2 Å². The first-order valence-corrected chi connectivity index (χ1v) is 12.1. The van der Waals surface area contributed by atoms with Crippen LogP contribution in [0, 0.1) is 6.92 Å². The van der Waals surface area contributed by atoms with Gasteiger partial charge in [0.2, 0.25) is 0 Å². The number of carbonyl (C=O) groups is 3. The Balaban J connectivity index is 1.54. The molecule has 3 aromatic carbocycles. The van der Waals surface area contributed by atoms with Crippen molar-refractivity contribution in [2.24, 2.45) is 5.10 Å². The molecule has 186 valence electrons. The van der Waals surface area contributed by atoms with Gasteiger partial charge >= 0.3 is 5.97 Å². The molecule has 3 rings (SSSR count). The fourth-order valence-electron chi connectivity index (χ4n) is 2.96. The van der Waals surface area contributed by atoms with Crippen LogP contribution in [0.1, 0.15) is 45.2 Å². The number of esters is 1. The second-order valence-electron chi connectivity index (χ2n) is 7.79. The third-order valence-electron chi connectivity index (χ3n) is 4.85. The van der Waals surface area contributed by atoms with E-state index < -0.39 is 17.8 Å². The van der Waals surface area contributed by atoms with E-state index in [2.05, 4.69) is 31.8 Å². The molecule has 36 heavy (non-hydrogen) atoms. The van der Waals surface area contributed by atoms with Gasteiger partial charge in [0.25, 0.3) is 11.8 Å². The lowest BCUT2D eigenvalue weighted by Gasteiger charge is -2.08. The Bertz CT molecular complexity index is 1240. The molecule has 0 aliphatic heterocycles. The van der Waals surface area contributed by atoms with Gasteiger partial charge in [-0.3, -0.25) is 9.59 Å². The predicted octanol–water partition coefficient (Wildman–Crippen LogP) is 4.65. The molecule has 2 amide bonds. The SMILES string of the molecule is CCCOc1ccc(C(=O)NCC(=O)N/N=C\c2cc(Br)ccc2OC(=O)c2ccc(C)cc2)cc1. The minimum absolute atomic E-state index is 0.266. The lowest BCUT2D eigenvalue weighted by Crippen LogP contribution is -2.34. The molecule has 0 unspecified atom stereocenters. The number of hydrogen-bond donors (Lipinski definition) is 2. The molecule has 0 atom stereocenters. The van der Waals surface area contributed by atoms with Gasteiger partial charge in [-0.05, 0) is 67.9 Å². The number of aryl methyl sites for hydroxylation is 1. The maximum atomic E-state index is 12.5. The van der Waals surface area contributed by atoms with Gasteiger partial charge in [0.15, 0.2) is 0 Å². The molecule has 0 saturated carbocycles. The molecule has 9 heteroatoms. The van der Waals surface area contributed by atoms with Crippen LogP contribution in [0.3, 0.4) is 0 Å². The first-order valence-electron chi connectivity index (χ1n) is 11.3. The van der Waals surface area contributed by atoms with Gasteiger partial charge in [0.1, 0.15) is 11.5 Å². The van der Waals surface area contributed by atoms with E-state index in [4.69, 9.17) is 9.47 Å². The van der Waals surface area contributed by atoms with Gasteiger partial charge in [-0.25, -0.2) is 10.2 Å². The van der Waals surface area contributed by atoms with E-state index in [9.17, 15) is 14.4 Å². The summed E-state index contributed by atoms with van der Waals surface area (Å²) in [6.45, 7) is 4.27. The molecule has 0 heterocycles. The summed E-state index contributed by atoms with van der Waals surface area (Å²) in [6.07, 6.45) is 2.25. The number of benzene rings is 3. The number of nitrogens with one attached hydrogen (secondary N) is 2. The zero-order valence-corrected chi connectivity index (χ0v) is 21.5. The molecule has 0 fully saturated rings. The van der Waals surface area contributed by atoms with Gasteiger partial charge in [-0.2, -0.15) is 5.10 Å². The summed E-state index contributed by atoms with van der Waals surface area (Å²) in [5.74, 6) is -0.466. The maximum Gasteiger partial charge on any atom is 0.343 e. The van der Waals surface area contributed by atoms with Crippen LogP contribution in [0.2, 0.25) is 0 Å². The second-order valence-corrected chi connectivity index (χ2v) is 8.70. The summed E-state index contributed by atoms with van der Waals surface area (Å²) < 4.78 is 11.7. The molecule has 8 nitrogen and oxygen atoms in total. The second kappa shape index (κ2) is 13.2. The van der Waals surface area contributed by atoms with E-state index in [1.165, 1.54) is 6.21 Å². The van der Waals surface area contributed by atoms with Crippen molar-refractivity contribution in [3.8, 4) is 11.5 Å². The third-order valence-corrected chi connectivity index (χ3v) is 5.35. The van der Waals surface area contributed by atoms with Crippen molar-refractivity contribution in [2.45, 2.75) is 20.3 Å². The van der Waals surface area contributed by atoms with E-state index in [0.717, 1.165) is 16.5 Å². The molecule has 2 N–H and O–H groups in total. The highest BCUT2D eigenvalue weighted by Gasteiger charge is 2.12. The topological polar surface area (TPSA) is 106 Å². The molecule has 0 radical (unpaired) electrons. The average molecular weight is 552 g/mol. The molecule has 0 bridgehead atoms. The van der Waals surface area contributed by atoms with Crippen molar-refractivity contribution >= 4 is 39.9 Å². The summed E-state index contributed by atoms with van der Waals surface area (Å²) in [6, 6.07) is 18.7. The summed E-state index contributed by atoms with van der Waals surface area (Å²) >= 11 is 3.37. The Kier molecular flexibility index (Phi) is 9.76. The number of amides is 2. The van der Waals surface area contributed by atoms with Crippen LogP contribution >= 0.6 is 15.9 Å². The lowest BCUT2D eigenvalue weighted by atomic mass is 10.1. The Morgan fingerprint density at radius 3 is 2.36 bits per heavy atom. The minimum atomic E-state index is -0.518. The average Bonchev–Trinajstić information content (AvgIpc) is 2.88. The van der Waals surface area contributed by atoms with E-state index in [0.29, 0.717) is 29.0 Å². The molecule has 0 saturated heterocycles. The zero-order valence-electron chi connectivity index (χ0n) is 19.9. The van der Waals surface area contributed by atoms with Crippen LogP contribution in [0.15, 0.2) is 76.3 Å². The van der Waals surface area contributed by atoms with Gasteiger partial charge in [-0.15, -0.1) is 0 Å². The van der Waals surface area contributed by atoms with E-state index in [-0.39, 0.29) is 12.3 Å². The van der Waals surface area contributed by atoms with E-state index in [1.807, 2.05) is 26.0 Å². The summed E-state index contributed by atoms with van der Waals surface area (Å²) in [4.78, 5) is 36.9. The van der Waals surface area contributed by atoms with Gasteiger partial charge in [-0.1, -0.05) is 40.5 Å². The minimum Gasteiger partial charge on any atom is -0.494 e. The first-order chi connectivity index (χ1) is 17.4. The van der Waals surface area contributed by atoms with Crippen molar-refractivity contribution < 1.29 is 23.9 Å².